The third kappa shape index (κ3) is 4.54. The highest BCUT2D eigenvalue weighted by atomic mass is 32.2. The summed E-state index contributed by atoms with van der Waals surface area (Å²) >= 11 is 1.30. The molecule has 138 valence electrons. The number of nitrogens with zero attached hydrogens (tertiary/aromatic N) is 4. The summed E-state index contributed by atoms with van der Waals surface area (Å²) in [7, 11) is 0. The molecule has 0 bridgehead atoms. The maximum atomic E-state index is 12.4. The van der Waals surface area contributed by atoms with E-state index in [1.165, 1.54) is 11.8 Å². The molecule has 26 heavy (non-hydrogen) atoms. The van der Waals surface area contributed by atoms with Crippen LogP contribution in [0.4, 0.5) is 4.79 Å². The zero-order chi connectivity index (χ0) is 18.4. The van der Waals surface area contributed by atoms with Crippen LogP contribution < -0.4 is 0 Å². The molecule has 2 amide bonds. The van der Waals surface area contributed by atoms with E-state index in [1.807, 2.05) is 30.3 Å². The fourth-order valence-corrected chi connectivity index (χ4v) is 3.31. The highest BCUT2D eigenvalue weighted by Crippen LogP contribution is 2.19. The van der Waals surface area contributed by atoms with Gasteiger partial charge in [0.15, 0.2) is 5.82 Å². The molecule has 9 heteroatoms. The molecule has 2 aromatic rings. The summed E-state index contributed by atoms with van der Waals surface area (Å²) in [4.78, 5) is 31.8. The molecular weight excluding hydrogens is 354 g/mol. The van der Waals surface area contributed by atoms with Crippen molar-refractivity contribution in [2.75, 3.05) is 38.5 Å². The molecule has 2 heterocycles. The van der Waals surface area contributed by atoms with Crippen molar-refractivity contribution in [1.29, 1.82) is 0 Å². The molecule has 1 saturated heterocycles. The third-order valence-electron chi connectivity index (χ3n) is 4.00. The lowest BCUT2D eigenvalue weighted by Gasteiger charge is -2.33. The number of rotatable bonds is 5. The topological polar surface area (TPSA) is 91.4 Å². The lowest BCUT2D eigenvalue weighted by Crippen LogP contribution is -2.51. The Hall–Kier alpha value is -2.55. The van der Waals surface area contributed by atoms with Crippen LogP contribution in [0.15, 0.2) is 35.5 Å². The van der Waals surface area contributed by atoms with Crippen molar-refractivity contribution in [2.24, 2.45) is 0 Å². The molecule has 0 unspecified atom stereocenters. The minimum absolute atomic E-state index is 0.0181. The first-order valence-corrected chi connectivity index (χ1v) is 9.46. The summed E-state index contributed by atoms with van der Waals surface area (Å²) in [5, 5.41) is 7.59. The van der Waals surface area contributed by atoms with Crippen molar-refractivity contribution >= 4 is 23.8 Å². The van der Waals surface area contributed by atoms with Crippen molar-refractivity contribution in [3.8, 4) is 11.4 Å². The maximum Gasteiger partial charge on any atom is 0.409 e. The number of ether oxygens (including phenoxy) is 1. The van der Waals surface area contributed by atoms with Gasteiger partial charge in [-0.1, -0.05) is 42.1 Å². The van der Waals surface area contributed by atoms with Crippen molar-refractivity contribution in [3.05, 3.63) is 30.3 Å². The molecule has 0 saturated carbocycles. The summed E-state index contributed by atoms with van der Waals surface area (Å²) in [6, 6.07) is 9.70. The molecule has 1 aromatic carbocycles. The molecule has 0 aliphatic carbocycles. The first-order valence-electron chi connectivity index (χ1n) is 8.47. The van der Waals surface area contributed by atoms with E-state index in [0.717, 1.165) is 5.56 Å². The first kappa shape index (κ1) is 18.2. The minimum atomic E-state index is -0.317. The molecule has 1 aromatic heterocycles. The molecule has 0 spiro atoms. The van der Waals surface area contributed by atoms with Crippen LogP contribution in [0.5, 0.6) is 0 Å². The number of H-pyrrole nitrogens is 1. The van der Waals surface area contributed by atoms with Crippen molar-refractivity contribution < 1.29 is 14.3 Å². The molecule has 8 nitrogen and oxygen atoms in total. The Kier molecular flexibility index (Phi) is 6.11. The number of amides is 2. The van der Waals surface area contributed by atoms with Crippen LogP contribution in [0.3, 0.4) is 0 Å². The maximum absolute atomic E-state index is 12.4. The number of hydrogen-bond acceptors (Lipinski definition) is 6. The number of carbonyl (C=O) groups is 2. The van der Waals surface area contributed by atoms with Gasteiger partial charge in [-0.15, -0.1) is 5.10 Å². The average molecular weight is 375 g/mol. The van der Waals surface area contributed by atoms with Crippen molar-refractivity contribution in [3.63, 3.8) is 0 Å². The fraction of sp³-hybridized carbons (Fsp3) is 0.412. The van der Waals surface area contributed by atoms with Gasteiger partial charge in [0.1, 0.15) is 0 Å². The Labute approximate surface area is 155 Å². The lowest BCUT2D eigenvalue weighted by molar-refractivity contribution is -0.129. The van der Waals surface area contributed by atoms with Crippen LogP contribution in [0.2, 0.25) is 0 Å². The normalized spacial score (nSPS) is 14.3. The van der Waals surface area contributed by atoms with Gasteiger partial charge in [0.2, 0.25) is 11.1 Å². The second kappa shape index (κ2) is 8.70. The van der Waals surface area contributed by atoms with Gasteiger partial charge < -0.3 is 14.5 Å². The zero-order valence-electron chi connectivity index (χ0n) is 14.6. The Morgan fingerprint density at radius 1 is 1.15 bits per heavy atom. The molecule has 0 radical (unpaired) electrons. The van der Waals surface area contributed by atoms with Crippen LogP contribution in [-0.4, -0.2) is 75.5 Å². The van der Waals surface area contributed by atoms with Gasteiger partial charge in [-0.05, 0) is 6.92 Å². The van der Waals surface area contributed by atoms with Gasteiger partial charge in [0.05, 0.1) is 12.4 Å². The van der Waals surface area contributed by atoms with E-state index in [2.05, 4.69) is 15.2 Å². The van der Waals surface area contributed by atoms with E-state index in [-0.39, 0.29) is 17.8 Å². The van der Waals surface area contributed by atoms with Crippen molar-refractivity contribution in [2.45, 2.75) is 12.1 Å². The number of hydrogen-bond donors (Lipinski definition) is 1. The highest BCUT2D eigenvalue weighted by Gasteiger charge is 2.25. The lowest BCUT2D eigenvalue weighted by atomic mass is 10.2. The number of nitrogens with one attached hydrogen (secondary N) is 1. The molecule has 1 aliphatic rings. The zero-order valence-corrected chi connectivity index (χ0v) is 15.4. The van der Waals surface area contributed by atoms with E-state index < -0.39 is 0 Å². The quantitative estimate of drug-likeness (QED) is 0.802. The standard InChI is InChI=1S/C17H21N5O3S/c1-2-25-17(24)22-10-8-21(9-11-22)14(23)12-26-16-18-15(19-20-16)13-6-4-3-5-7-13/h3-7H,2,8-12H2,1H3,(H,18,19,20). The number of carbonyl (C=O) groups excluding carboxylic acids is 2. The Balaban J connectivity index is 1.46. The molecule has 1 aliphatic heterocycles. The number of benzene rings is 1. The second-order valence-electron chi connectivity index (χ2n) is 5.69. The fourth-order valence-electron chi connectivity index (χ4n) is 2.61. The summed E-state index contributed by atoms with van der Waals surface area (Å²) in [6.45, 7) is 4.16. The van der Waals surface area contributed by atoms with Gasteiger partial charge in [-0.25, -0.2) is 9.78 Å². The van der Waals surface area contributed by atoms with Crippen LogP contribution in [0, 0.1) is 0 Å². The van der Waals surface area contributed by atoms with Crippen LogP contribution in [0.1, 0.15) is 6.92 Å². The van der Waals surface area contributed by atoms with E-state index in [1.54, 1.807) is 16.7 Å². The number of aromatic amines is 1. The summed E-state index contributed by atoms with van der Waals surface area (Å²) < 4.78 is 4.98. The molecular formula is C17H21N5O3S. The van der Waals surface area contributed by atoms with E-state index >= 15 is 0 Å². The largest absolute Gasteiger partial charge is 0.450 e. The summed E-state index contributed by atoms with van der Waals surface area (Å²) in [5.74, 6) is 0.971. The second-order valence-corrected chi connectivity index (χ2v) is 6.63. The van der Waals surface area contributed by atoms with E-state index in [4.69, 9.17) is 4.74 Å². The molecule has 3 rings (SSSR count). The van der Waals surface area contributed by atoms with Gasteiger partial charge in [-0.3, -0.25) is 9.89 Å². The van der Waals surface area contributed by atoms with E-state index in [0.29, 0.717) is 43.8 Å². The van der Waals surface area contributed by atoms with Gasteiger partial charge in [0, 0.05) is 31.7 Å². The Morgan fingerprint density at radius 2 is 1.85 bits per heavy atom. The smallest absolute Gasteiger partial charge is 0.409 e. The highest BCUT2D eigenvalue weighted by molar-refractivity contribution is 7.99. The van der Waals surface area contributed by atoms with Gasteiger partial charge >= 0.3 is 6.09 Å². The average Bonchev–Trinajstić information content (AvgIpc) is 3.16. The van der Waals surface area contributed by atoms with Crippen LogP contribution >= 0.6 is 11.8 Å². The van der Waals surface area contributed by atoms with Crippen molar-refractivity contribution in [1.82, 2.24) is 25.0 Å². The molecule has 1 fully saturated rings. The van der Waals surface area contributed by atoms with Gasteiger partial charge in [-0.2, -0.15) is 0 Å². The predicted molar refractivity (Wildman–Crippen MR) is 97.7 cm³/mol. The summed E-state index contributed by atoms with van der Waals surface area (Å²) in [6.07, 6.45) is -0.317. The van der Waals surface area contributed by atoms with Crippen LogP contribution in [0.25, 0.3) is 11.4 Å². The first-order chi connectivity index (χ1) is 12.7. The predicted octanol–water partition coefficient (Wildman–Crippen LogP) is 1.86. The number of aromatic nitrogens is 3. The van der Waals surface area contributed by atoms with Crippen LogP contribution in [-0.2, 0) is 9.53 Å². The molecule has 1 N–H and O–H groups in total. The van der Waals surface area contributed by atoms with E-state index in [9.17, 15) is 9.59 Å². The number of piperazine rings is 1. The monoisotopic (exact) mass is 375 g/mol. The Morgan fingerprint density at radius 3 is 2.54 bits per heavy atom. The Bertz CT molecular complexity index is 744. The summed E-state index contributed by atoms with van der Waals surface area (Å²) in [5.41, 5.74) is 0.952. The van der Waals surface area contributed by atoms with Gasteiger partial charge in [0.25, 0.3) is 0 Å². The SMILES string of the molecule is CCOC(=O)N1CCN(C(=O)CSc2n[nH]c(-c3ccccc3)n2)CC1. The minimum Gasteiger partial charge on any atom is -0.450 e. The molecule has 0 atom stereocenters. The third-order valence-corrected chi connectivity index (χ3v) is 4.83. The number of thioether (sulfide) groups is 1.